The first-order valence-corrected chi connectivity index (χ1v) is 4.30. The smallest absolute Gasteiger partial charge is 0.0376 e. The Bertz CT molecular complexity index is 367. The molecule has 0 aliphatic heterocycles. The molecule has 0 aromatic carbocycles. The molecule has 0 aliphatic rings. The number of nitrogens with zero attached hydrogens (tertiary/aromatic N) is 1. The first-order valence-electron chi connectivity index (χ1n) is 3.42. The maximum Gasteiger partial charge on any atom is 0.0376 e. The molecular weight excluding hydrogens is 156 g/mol. The molecule has 0 unspecified atom stereocenters. The average Bonchev–Trinajstić information content (AvgIpc) is 2.47. The van der Waals surface area contributed by atoms with E-state index in [4.69, 9.17) is 5.73 Å². The Balaban J connectivity index is 2.76. The first kappa shape index (κ1) is 6.76. The van der Waals surface area contributed by atoms with Crippen LogP contribution in [-0.4, -0.2) is 4.98 Å². The highest BCUT2D eigenvalue weighted by atomic mass is 32.1. The van der Waals surface area contributed by atoms with E-state index in [0.29, 0.717) is 6.54 Å². The third kappa shape index (κ3) is 1.02. The van der Waals surface area contributed by atoms with Gasteiger partial charge in [-0.15, -0.1) is 11.3 Å². The summed E-state index contributed by atoms with van der Waals surface area (Å²) >= 11 is 1.72. The Morgan fingerprint density at radius 3 is 3.27 bits per heavy atom. The minimum absolute atomic E-state index is 0.603. The highest BCUT2D eigenvalue weighted by Crippen LogP contribution is 2.23. The van der Waals surface area contributed by atoms with Gasteiger partial charge in [0.1, 0.15) is 0 Å². The zero-order valence-electron chi connectivity index (χ0n) is 5.95. The minimum atomic E-state index is 0.603. The SMILES string of the molecule is NCc1csc2ccncc12. The number of nitrogens with two attached hydrogens (primary N) is 1. The monoisotopic (exact) mass is 164 g/mol. The van der Waals surface area contributed by atoms with Crippen molar-refractivity contribution in [3.05, 3.63) is 29.4 Å². The van der Waals surface area contributed by atoms with E-state index in [1.54, 1.807) is 17.5 Å². The second-order valence-electron chi connectivity index (χ2n) is 2.34. The topological polar surface area (TPSA) is 38.9 Å². The van der Waals surface area contributed by atoms with Crippen LogP contribution >= 0.6 is 11.3 Å². The number of fused-ring (bicyclic) bond motifs is 1. The van der Waals surface area contributed by atoms with E-state index >= 15 is 0 Å². The molecule has 0 atom stereocenters. The number of rotatable bonds is 1. The van der Waals surface area contributed by atoms with Crippen molar-refractivity contribution < 1.29 is 0 Å². The maximum absolute atomic E-state index is 5.54. The van der Waals surface area contributed by atoms with E-state index in [1.165, 1.54) is 15.6 Å². The van der Waals surface area contributed by atoms with Crippen LogP contribution in [0.3, 0.4) is 0 Å². The molecule has 0 aliphatic carbocycles. The molecule has 2 nitrogen and oxygen atoms in total. The minimum Gasteiger partial charge on any atom is -0.326 e. The molecular formula is C8H8N2S. The summed E-state index contributed by atoms with van der Waals surface area (Å²) in [4.78, 5) is 4.04. The van der Waals surface area contributed by atoms with Crippen molar-refractivity contribution in [2.75, 3.05) is 0 Å². The molecule has 11 heavy (non-hydrogen) atoms. The van der Waals surface area contributed by atoms with Crippen LogP contribution in [0.2, 0.25) is 0 Å². The zero-order valence-corrected chi connectivity index (χ0v) is 6.77. The molecule has 2 heterocycles. The van der Waals surface area contributed by atoms with Gasteiger partial charge >= 0.3 is 0 Å². The summed E-state index contributed by atoms with van der Waals surface area (Å²) in [6, 6.07) is 2.01. The quantitative estimate of drug-likeness (QED) is 0.697. The highest BCUT2D eigenvalue weighted by Gasteiger charge is 1.99. The van der Waals surface area contributed by atoms with Gasteiger partial charge in [0.05, 0.1) is 0 Å². The van der Waals surface area contributed by atoms with Crippen molar-refractivity contribution in [1.29, 1.82) is 0 Å². The lowest BCUT2D eigenvalue weighted by atomic mass is 10.2. The van der Waals surface area contributed by atoms with Crippen molar-refractivity contribution in [2.24, 2.45) is 5.73 Å². The Morgan fingerprint density at radius 1 is 1.55 bits per heavy atom. The maximum atomic E-state index is 5.54. The molecule has 56 valence electrons. The van der Waals surface area contributed by atoms with Crippen molar-refractivity contribution in [3.8, 4) is 0 Å². The molecule has 0 saturated carbocycles. The number of hydrogen-bond acceptors (Lipinski definition) is 3. The molecule has 0 amide bonds. The molecule has 2 aromatic rings. The van der Waals surface area contributed by atoms with Crippen molar-refractivity contribution in [1.82, 2.24) is 4.98 Å². The van der Waals surface area contributed by atoms with E-state index in [2.05, 4.69) is 10.4 Å². The average molecular weight is 164 g/mol. The van der Waals surface area contributed by atoms with Crippen LogP contribution < -0.4 is 5.73 Å². The first-order chi connectivity index (χ1) is 5.42. The van der Waals surface area contributed by atoms with Crippen LogP contribution in [0, 0.1) is 0 Å². The highest BCUT2D eigenvalue weighted by molar-refractivity contribution is 7.17. The van der Waals surface area contributed by atoms with Gasteiger partial charge in [0.25, 0.3) is 0 Å². The Labute approximate surface area is 68.7 Å². The summed E-state index contributed by atoms with van der Waals surface area (Å²) < 4.78 is 1.26. The van der Waals surface area contributed by atoms with E-state index in [1.807, 2.05) is 12.3 Å². The summed E-state index contributed by atoms with van der Waals surface area (Å²) in [5, 5.41) is 3.28. The molecule has 0 spiro atoms. The fraction of sp³-hybridized carbons (Fsp3) is 0.125. The molecule has 0 radical (unpaired) electrons. The lowest BCUT2D eigenvalue weighted by Gasteiger charge is -1.90. The molecule has 2 N–H and O–H groups in total. The molecule has 3 heteroatoms. The Kier molecular flexibility index (Phi) is 1.60. The predicted octanol–water partition coefficient (Wildman–Crippen LogP) is 1.75. The number of pyridine rings is 1. The van der Waals surface area contributed by atoms with Gasteiger partial charge in [-0.25, -0.2) is 0 Å². The van der Waals surface area contributed by atoms with Crippen LogP contribution in [0.15, 0.2) is 23.8 Å². The standard InChI is InChI=1S/C8H8N2S/c9-3-6-5-11-8-1-2-10-4-7(6)8/h1-2,4-5H,3,9H2. The van der Waals surface area contributed by atoms with Gasteiger partial charge in [-0.3, -0.25) is 4.98 Å². The predicted molar refractivity (Wildman–Crippen MR) is 47.5 cm³/mol. The van der Waals surface area contributed by atoms with Gasteiger partial charge in [-0.05, 0) is 17.0 Å². The lowest BCUT2D eigenvalue weighted by molar-refractivity contribution is 1.09. The van der Waals surface area contributed by atoms with Crippen LogP contribution in [0.4, 0.5) is 0 Å². The van der Waals surface area contributed by atoms with E-state index in [0.717, 1.165) is 0 Å². The van der Waals surface area contributed by atoms with Crippen LogP contribution in [-0.2, 0) is 6.54 Å². The Hall–Kier alpha value is -0.930. The molecule has 2 rings (SSSR count). The van der Waals surface area contributed by atoms with Crippen LogP contribution in [0.5, 0.6) is 0 Å². The van der Waals surface area contributed by atoms with Crippen molar-refractivity contribution in [3.63, 3.8) is 0 Å². The summed E-state index contributed by atoms with van der Waals surface area (Å²) in [6.07, 6.45) is 3.67. The molecule has 2 aromatic heterocycles. The largest absolute Gasteiger partial charge is 0.326 e. The van der Waals surface area contributed by atoms with Crippen molar-refractivity contribution in [2.45, 2.75) is 6.54 Å². The lowest BCUT2D eigenvalue weighted by Crippen LogP contribution is -1.93. The van der Waals surface area contributed by atoms with Gasteiger partial charge in [0.15, 0.2) is 0 Å². The summed E-state index contributed by atoms with van der Waals surface area (Å²) in [5.74, 6) is 0. The van der Waals surface area contributed by atoms with E-state index < -0.39 is 0 Å². The second-order valence-corrected chi connectivity index (χ2v) is 3.25. The third-order valence-electron chi connectivity index (χ3n) is 1.68. The van der Waals surface area contributed by atoms with Gasteiger partial charge in [0, 0.05) is 29.0 Å². The normalized spacial score (nSPS) is 10.6. The molecule has 0 saturated heterocycles. The number of thiophene rings is 1. The molecule has 0 fully saturated rings. The molecule has 0 bridgehead atoms. The fourth-order valence-electron chi connectivity index (χ4n) is 1.08. The summed E-state index contributed by atoms with van der Waals surface area (Å²) in [7, 11) is 0. The second kappa shape index (κ2) is 2.60. The zero-order chi connectivity index (χ0) is 7.68. The van der Waals surface area contributed by atoms with Crippen LogP contribution in [0.1, 0.15) is 5.56 Å². The van der Waals surface area contributed by atoms with Gasteiger partial charge in [0.2, 0.25) is 0 Å². The van der Waals surface area contributed by atoms with Crippen molar-refractivity contribution >= 4 is 21.4 Å². The fourth-order valence-corrected chi connectivity index (χ4v) is 2.02. The van der Waals surface area contributed by atoms with Gasteiger partial charge < -0.3 is 5.73 Å². The summed E-state index contributed by atoms with van der Waals surface area (Å²) in [6.45, 7) is 0.603. The summed E-state index contributed by atoms with van der Waals surface area (Å²) in [5.41, 5.74) is 6.73. The van der Waals surface area contributed by atoms with E-state index in [9.17, 15) is 0 Å². The Morgan fingerprint density at radius 2 is 2.45 bits per heavy atom. The van der Waals surface area contributed by atoms with Crippen LogP contribution in [0.25, 0.3) is 10.1 Å². The third-order valence-corrected chi connectivity index (χ3v) is 2.69. The van der Waals surface area contributed by atoms with Gasteiger partial charge in [-0.1, -0.05) is 0 Å². The van der Waals surface area contributed by atoms with E-state index in [-0.39, 0.29) is 0 Å². The van der Waals surface area contributed by atoms with Gasteiger partial charge in [-0.2, -0.15) is 0 Å². The number of hydrogen-bond donors (Lipinski definition) is 1. The number of aromatic nitrogens is 1.